The summed E-state index contributed by atoms with van der Waals surface area (Å²) in [4.78, 5) is 2.60. The van der Waals surface area contributed by atoms with E-state index >= 15 is 0 Å². The maximum absolute atomic E-state index is 5.95. The zero-order valence-corrected chi connectivity index (χ0v) is 13.6. The summed E-state index contributed by atoms with van der Waals surface area (Å²) >= 11 is 0. The highest BCUT2D eigenvalue weighted by Crippen LogP contribution is 2.26. The second kappa shape index (κ2) is 9.06. The van der Waals surface area contributed by atoms with Crippen LogP contribution in [-0.4, -0.2) is 37.2 Å². The van der Waals surface area contributed by atoms with Gasteiger partial charge < -0.3 is 10.1 Å². The first-order valence-corrected chi connectivity index (χ1v) is 8.50. The molecule has 0 heterocycles. The van der Waals surface area contributed by atoms with E-state index in [1.54, 1.807) is 0 Å². The van der Waals surface area contributed by atoms with Gasteiger partial charge in [0.1, 0.15) is 12.4 Å². The normalized spacial score (nSPS) is 14.6. The van der Waals surface area contributed by atoms with Crippen LogP contribution < -0.4 is 10.1 Å². The second-order valence-electron chi connectivity index (χ2n) is 5.90. The number of hydrogen-bond donors (Lipinski definition) is 1. The summed E-state index contributed by atoms with van der Waals surface area (Å²) < 4.78 is 5.95. The Labute approximate surface area is 129 Å². The van der Waals surface area contributed by atoms with Crippen molar-refractivity contribution in [1.82, 2.24) is 10.2 Å². The number of benzene rings is 1. The average Bonchev–Trinajstić information content (AvgIpc) is 3.34. The highest BCUT2D eigenvalue weighted by atomic mass is 16.5. The third kappa shape index (κ3) is 6.06. The van der Waals surface area contributed by atoms with Gasteiger partial charge in [0.15, 0.2) is 0 Å². The quantitative estimate of drug-likeness (QED) is 0.675. The molecule has 3 heteroatoms. The first-order chi connectivity index (χ1) is 10.3. The molecular weight excluding hydrogens is 260 g/mol. The first-order valence-electron chi connectivity index (χ1n) is 8.50. The summed E-state index contributed by atoms with van der Waals surface area (Å²) in [6.07, 6.45) is 5.33. The summed E-state index contributed by atoms with van der Waals surface area (Å²) in [5.41, 5.74) is 1.29. The number of ether oxygens (including phenoxy) is 1. The van der Waals surface area contributed by atoms with E-state index in [-0.39, 0.29) is 0 Å². The lowest BCUT2D eigenvalue weighted by Crippen LogP contribution is -2.31. The van der Waals surface area contributed by atoms with E-state index in [9.17, 15) is 0 Å². The fraction of sp³-hybridized carbons (Fsp3) is 0.667. The summed E-state index contributed by atoms with van der Waals surface area (Å²) in [7, 11) is 0. The Morgan fingerprint density at radius 1 is 1.24 bits per heavy atom. The van der Waals surface area contributed by atoms with E-state index in [4.69, 9.17) is 4.74 Å². The number of hydrogen-bond acceptors (Lipinski definition) is 3. The Hall–Kier alpha value is -1.06. The summed E-state index contributed by atoms with van der Waals surface area (Å²) in [5, 5.41) is 3.35. The van der Waals surface area contributed by atoms with E-state index in [1.165, 1.54) is 37.8 Å². The van der Waals surface area contributed by atoms with Crippen LogP contribution in [0.5, 0.6) is 5.75 Å². The van der Waals surface area contributed by atoms with Crippen molar-refractivity contribution in [2.45, 2.75) is 52.1 Å². The zero-order chi connectivity index (χ0) is 14.9. The van der Waals surface area contributed by atoms with Crippen molar-refractivity contribution in [3.63, 3.8) is 0 Å². The van der Waals surface area contributed by atoms with Crippen LogP contribution >= 0.6 is 0 Å². The molecule has 1 aromatic carbocycles. The Balaban J connectivity index is 1.73. The Morgan fingerprint density at radius 3 is 2.81 bits per heavy atom. The van der Waals surface area contributed by atoms with E-state index in [0.717, 1.165) is 38.0 Å². The molecule has 1 aliphatic carbocycles. The third-order valence-corrected chi connectivity index (χ3v) is 3.99. The van der Waals surface area contributed by atoms with Crippen LogP contribution in [0.3, 0.4) is 0 Å². The van der Waals surface area contributed by atoms with Gasteiger partial charge in [-0.05, 0) is 50.0 Å². The smallest absolute Gasteiger partial charge is 0.119 e. The molecule has 0 radical (unpaired) electrons. The largest absolute Gasteiger partial charge is 0.492 e. The molecule has 0 saturated heterocycles. The molecule has 0 amide bonds. The SMILES string of the molecule is CCCCN(CCOc1cccc(CNCC)c1)C1CC1. The first kappa shape index (κ1) is 16.3. The maximum Gasteiger partial charge on any atom is 0.119 e. The molecule has 0 spiro atoms. The van der Waals surface area contributed by atoms with E-state index in [0.29, 0.717) is 0 Å². The highest BCUT2D eigenvalue weighted by Gasteiger charge is 2.27. The second-order valence-corrected chi connectivity index (χ2v) is 5.90. The summed E-state index contributed by atoms with van der Waals surface area (Å²) in [5.74, 6) is 0.997. The van der Waals surface area contributed by atoms with E-state index in [2.05, 4.69) is 48.3 Å². The van der Waals surface area contributed by atoms with Crippen molar-refractivity contribution in [2.24, 2.45) is 0 Å². The molecule has 0 aromatic heterocycles. The minimum absolute atomic E-state index is 0.797. The van der Waals surface area contributed by atoms with Gasteiger partial charge in [-0.3, -0.25) is 4.90 Å². The average molecular weight is 290 g/mol. The van der Waals surface area contributed by atoms with Crippen molar-refractivity contribution in [1.29, 1.82) is 0 Å². The van der Waals surface area contributed by atoms with Gasteiger partial charge in [-0.15, -0.1) is 0 Å². The molecule has 0 atom stereocenters. The van der Waals surface area contributed by atoms with Crippen LogP contribution in [0.25, 0.3) is 0 Å². The maximum atomic E-state index is 5.95. The number of nitrogens with zero attached hydrogens (tertiary/aromatic N) is 1. The lowest BCUT2D eigenvalue weighted by Gasteiger charge is -2.21. The molecule has 2 rings (SSSR count). The number of nitrogens with one attached hydrogen (secondary N) is 1. The van der Waals surface area contributed by atoms with Crippen molar-refractivity contribution in [2.75, 3.05) is 26.2 Å². The van der Waals surface area contributed by atoms with Crippen molar-refractivity contribution in [3.8, 4) is 5.75 Å². The standard InChI is InChI=1S/C18H30N2O/c1-3-5-11-20(17-9-10-17)12-13-21-18-8-6-7-16(14-18)15-19-4-2/h6-8,14,17,19H,3-5,9-13,15H2,1-2H3. The fourth-order valence-corrected chi connectivity index (χ4v) is 2.57. The topological polar surface area (TPSA) is 24.5 Å². The van der Waals surface area contributed by atoms with Crippen molar-refractivity contribution >= 4 is 0 Å². The number of rotatable bonds is 11. The monoisotopic (exact) mass is 290 g/mol. The van der Waals surface area contributed by atoms with E-state index < -0.39 is 0 Å². The van der Waals surface area contributed by atoms with Crippen molar-refractivity contribution in [3.05, 3.63) is 29.8 Å². The van der Waals surface area contributed by atoms with Crippen LogP contribution in [0.4, 0.5) is 0 Å². The molecule has 3 nitrogen and oxygen atoms in total. The molecule has 1 aliphatic rings. The van der Waals surface area contributed by atoms with Gasteiger partial charge in [0, 0.05) is 19.1 Å². The molecule has 118 valence electrons. The van der Waals surface area contributed by atoms with Crippen molar-refractivity contribution < 1.29 is 4.74 Å². The van der Waals surface area contributed by atoms with Gasteiger partial charge in [-0.25, -0.2) is 0 Å². The minimum atomic E-state index is 0.797. The fourth-order valence-electron chi connectivity index (χ4n) is 2.57. The van der Waals surface area contributed by atoms with Crippen LogP contribution in [0.1, 0.15) is 45.1 Å². The molecule has 1 saturated carbocycles. The van der Waals surface area contributed by atoms with E-state index in [1.807, 2.05) is 0 Å². The number of unbranched alkanes of at least 4 members (excludes halogenated alkanes) is 1. The molecular formula is C18H30N2O. The summed E-state index contributed by atoms with van der Waals surface area (Å²) in [6, 6.07) is 9.27. The van der Waals surface area contributed by atoms with Gasteiger partial charge in [0.25, 0.3) is 0 Å². The van der Waals surface area contributed by atoms with Crippen LogP contribution in [0.2, 0.25) is 0 Å². The van der Waals surface area contributed by atoms with Gasteiger partial charge in [-0.1, -0.05) is 32.4 Å². The zero-order valence-electron chi connectivity index (χ0n) is 13.6. The molecule has 1 aromatic rings. The van der Waals surface area contributed by atoms with Crippen LogP contribution in [-0.2, 0) is 6.54 Å². The predicted octanol–water partition coefficient (Wildman–Crippen LogP) is 3.44. The van der Waals surface area contributed by atoms with Gasteiger partial charge in [0.2, 0.25) is 0 Å². The van der Waals surface area contributed by atoms with Gasteiger partial charge in [-0.2, -0.15) is 0 Å². The Morgan fingerprint density at radius 2 is 2.10 bits per heavy atom. The molecule has 21 heavy (non-hydrogen) atoms. The minimum Gasteiger partial charge on any atom is -0.492 e. The molecule has 1 N–H and O–H groups in total. The molecule has 0 aliphatic heterocycles. The van der Waals surface area contributed by atoms with Gasteiger partial charge in [0.05, 0.1) is 0 Å². The summed E-state index contributed by atoms with van der Waals surface area (Å²) in [6.45, 7) is 9.38. The van der Waals surface area contributed by atoms with Gasteiger partial charge >= 0.3 is 0 Å². The molecule has 0 bridgehead atoms. The lowest BCUT2D eigenvalue weighted by molar-refractivity contribution is 0.199. The Bertz CT molecular complexity index is 404. The third-order valence-electron chi connectivity index (χ3n) is 3.99. The Kier molecular flexibility index (Phi) is 7.04. The van der Waals surface area contributed by atoms with Crippen LogP contribution in [0.15, 0.2) is 24.3 Å². The lowest BCUT2D eigenvalue weighted by atomic mass is 10.2. The van der Waals surface area contributed by atoms with Crippen LogP contribution in [0, 0.1) is 0 Å². The highest BCUT2D eigenvalue weighted by molar-refractivity contribution is 5.28. The molecule has 1 fully saturated rings. The molecule has 0 unspecified atom stereocenters. The predicted molar refractivity (Wildman–Crippen MR) is 88.8 cm³/mol.